The van der Waals surface area contributed by atoms with Crippen molar-refractivity contribution < 1.29 is 0 Å². The molecule has 0 radical (unpaired) electrons. The summed E-state index contributed by atoms with van der Waals surface area (Å²) < 4.78 is 1.90. The van der Waals surface area contributed by atoms with Crippen molar-refractivity contribution in [3.63, 3.8) is 0 Å². The molecule has 0 aliphatic rings. The summed E-state index contributed by atoms with van der Waals surface area (Å²) in [6.07, 6.45) is 2.37. The molecule has 92 valence electrons. The standard InChI is InChI=1S/C11H19Cl2N3/c1-4-16-10(14-8-15-16)5-11(6-12,7-13)9(2)3/h8-9H,4-7H2,1-3H3. The Labute approximate surface area is 107 Å². The van der Waals surface area contributed by atoms with E-state index in [1.807, 2.05) is 4.68 Å². The smallest absolute Gasteiger partial charge is 0.138 e. The number of aromatic nitrogens is 3. The van der Waals surface area contributed by atoms with Gasteiger partial charge in [-0.15, -0.1) is 23.2 Å². The van der Waals surface area contributed by atoms with Crippen LogP contribution in [0.3, 0.4) is 0 Å². The highest BCUT2D eigenvalue weighted by molar-refractivity contribution is 6.21. The van der Waals surface area contributed by atoms with Gasteiger partial charge in [-0.3, -0.25) is 4.68 Å². The Morgan fingerprint density at radius 3 is 2.44 bits per heavy atom. The van der Waals surface area contributed by atoms with Crippen LogP contribution in [0.5, 0.6) is 0 Å². The summed E-state index contributed by atoms with van der Waals surface area (Å²) in [5.74, 6) is 2.48. The van der Waals surface area contributed by atoms with Crippen LogP contribution in [-0.2, 0) is 13.0 Å². The van der Waals surface area contributed by atoms with Crippen molar-refractivity contribution in [1.29, 1.82) is 0 Å². The van der Waals surface area contributed by atoms with Crippen molar-refractivity contribution in [2.24, 2.45) is 11.3 Å². The van der Waals surface area contributed by atoms with E-state index in [1.165, 1.54) is 0 Å². The monoisotopic (exact) mass is 263 g/mol. The Bertz CT molecular complexity index is 319. The molecule has 0 saturated carbocycles. The molecule has 0 unspecified atom stereocenters. The predicted molar refractivity (Wildman–Crippen MR) is 68.1 cm³/mol. The molecule has 1 aromatic rings. The Morgan fingerprint density at radius 1 is 1.38 bits per heavy atom. The first-order valence-electron chi connectivity index (χ1n) is 5.58. The number of rotatable bonds is 6. The lowest BCUT2D eigenvalue weighted by Gasteiger charge is -2.33. The molecule has 0 aromatic carbocycles. The molecular weight excluding hydrogens is 245 g/mol. The molecule has 0 atom stereocenters. The predicted octanol–water partition coefficient (Wildman–Crippen LogP) is 2.96. The molecule has 0 aliphatic carbocycles. The van der Waals surface area contributed by atoms with E-state index in [4.69, 9.17) is 23.2 Å². The topological polar surface area (TPSA) is 30.7 Å². The SMILES string of the molecule is CCn1ncnc1CC(CCl)(CCl)C(C)C. The molecule has 0 aliphatic heterocycles. The Morgan fingerprint density at radius 2 is 2.00 bits per heavy atom. The van der Waals surface area contributed by atoms with E-state index in [0.29, 0.717) is 17.7 Å². The van der Waals surface area contributed by atoms with Crippen LogP contribution in [0.25, 0.3) is 0 Å². The molecule has 3 nitrogen and oxygen atoms in total. The normalized spacial score (nSPS) is 12.4. The quantitative estimate of drug-likeness (QED) is 0.739. The van der Waals surface area contributed by atoms with Crippen molar-refractivity contribution in [2.75, 3.05) is 11.8 Å². The summed E-state index contributed by atoms with van der Waals surface area (Å²) >= 11 is 12.2. The van der Waals surface area contributed by atoms with Gasteiger partial charge in [-0.25, -0.2) is 4.98 Å². The molecule has 0 saturated heterocycles. The molecule has 16 heavy (non-hydrogen) atoms. The summed E-state index contributed by atoms with van der Waals surface area (Å²) in [5, 5.41) is 4.17. The maximum absolute atomic E-state index is 6.09. The Kier molecular flexibility index (Phi) is 5.06. The molecule has 0 N–H and O–H groups in total. The van der Waals surface area contributed by atoms with E-state index < -0.39 is 0 Å². The third kappa shape index (κ3) is 2.69. The minimum absolute atomic E-state index is 0.0942. The fourth-order valence-electron chi connectivity index (χ4n) is 1.65. The van der Waals surface area contributed by atoms with Crippen LogP contribution in [0.2, 0.25) is 0 Å². The first kappa shape index (κ1) is 13.8. The Hall–Kier alpha value is -0.280. The average Bonchev–Trinajstić information content (AvgIpc) is 2.72. The zero-order valence-electron chi connectivity index (χ0n) is 10.1. The van der Waals surface area contributed by atoms with Gasteiger partial charge in [0, 0.05) is 30.1 Å². The van der Waals surface area contributed by atoms with Gasteiger partial charge in [0.05, 0.1) is 0 Å². The number of hydrogen-bond donors (Lipinski definition) is 0. The first-order valence-corrected chi connectivity index (χ1v) is 6.65. The van der Waals surface area contributed by atoms with Crippen LogP contribution < -0.4 is 0 Å². The summed E-state index contributed by atoms with van der Waals surface area (Å²) in [6.45, 7) is 7.18. The summed E-state index contributed by atoms with van der Waals surface area (Å²) in [6, 6.07) is 0. The highest BCUT2D eigenvalue weighted by Crippen LogP contribution is 2.34. The van der Waals surface area contributed by atoms with E-state index >= 15 is 0 Å². The number of hydrogen-bond acceptors (Lipinski definition) is 2. The molecule has 1 aromatic heterocycles. The van der Waals surface area contributed by atoms with Gasteiger partial charge in [0.2, 0.25) is 0 Å². The van der Waals surface area contributed by atoms with Gasteiger partial charge >= 0.3 is 0 Å². The molecule has 0 amide bonds. The van der Waals surface area contributed by atoms with Crippen molar-refractivity contribution in [1.82, 2.24) is 14.8 Å². The fraction of sp³-hybridized carbons (Fsp3) is 0.818. The summed E-state index contributed by atoms with van der Waals surface area (Å²) in [5.41, 5.74) is -0.0942. The van der Waals surface area contributed by atoms with Gasteiger partial charge in [0.15, 0.2) is 0 Å². The van der Waals surface area contributed by atoms with Gasteiger partial charge in [0.25, 0.3) is 0 Å². The van der Waals surface area contributed by atoms with E-state index in [2.05, 4.69) is 30.9 Å². The minimum atomic E-state index is -0.0942. The largest absolute Gasteiger partial charge is 0.250 e. The zero-order chi connectivity index (χ0) is 12.2. The van der Waals surface area contributed by atoms with Crippen molar-refractivity contribution in [2.45, 2.75) is 33.7 Å². The van der Waals surface area contributed by atoms with Crippen LogP contribution in [0, 0.1) is 11.3 Å². The van der Waals surface area contributed by atoms with E-state index in [-0.39, 0.29) is 5.41 Å². The van der Waals surface area contributed by atoms with Gasteiger partial charge in [-0.05, 0) is 12.8 Å². The molecule has 1 rings (SSSR count). The molecule has 1 heterocycles. The van der Waals surface area contributed by atoms with Crippen LogP contribution in [0.4, 0.5) is 0 Å². The second-order valence-corrected chi connectivity index (χ2v) is 4.99. The van der Waals surface area contributed by atoms with Crippen molar-refractivity contribution >= 4 is 23.2 Å². The van der Waals surface area contributed by atoms with Gasteiger partial charge in [-0.1, -0.05) is 13.8 Å². The third-order valence-corrected chi connectivity index (χ3v) is 4.33. The lowest BCUT2D eigenvalue weighted by atomic mass is 9.77. The van der Waals surface area contributed by atoms with Crippen LogP contribution in [-0.4, -0.2) is 26.5 Å². The lowest BCUT2D eigenvalue weighted by molar-refractivity contribution is 0.249. The number of nitrogens with zero attached hydrogens (tertiary/aromatic N) is 3. The van der Waals surface area contributed by atoms with Crippen molar-refractivity contribution in [3.05, 3.63) is 12.2 Å². The van der Waals surface area contributed by atoms with Gasteiger partial charge < -0.3 is 0 Å². The second-order valence-electron chi connectivity index (χ2n) is 4.45. The average molecular weight is 264 g/mol. The van der Waals surface area contributed by atoms with Crippen LogP contribution in [0.15, 0.2) is 6.33 Å². The van der Waals surface area contributed by atoms with Crippen LogP contribution >= 0.6 is 23.2 Å². The number of halogens is 2. The molecule has 0 spiro atoms. The maximum Gasteiger partial charge on any atom is 0.138 e. The van der Waals surface area contributed by atoms with Crippen molar-refractivity contribution in [3.8, 4) is 0 Å². The van der Waals surface area contributed by atoms with E-state index in [0.717, 1.165) is 18.8 Å². The highest BCUT2D eigenvalue weighted by Gasteiger charge is 2.34. The van der Waals surface area contributed by atoms with E-state index in [9.17, 15) is 0 Å². The lowest BCUT2D eigenvalue weighted by Crippen LogP contribution is -2.35. The summed E-state index contributed by atoms with van der Waals surface area (Å²) in [4.78, 5) is 4.28. The molecule has 0 bridgehead atoms. The van der Waals surface area contributed by atoms with Gasteiger partial charge in [0.1, 0.15) is 12.2 Å². The molecule has 0 fully saturated rings. The fourth-order valence-corrected chi connectivity index (χ4v) is 2.74. The molecular formula is C11H19Cl2N3. The Balaban J connectivity index is 2.91. The highest BCUT2D eigenvalue weighted by atomic mass is 35.5. The zero-order valence-corrected chi connectivity index (χ0v) is 11.6. The second kappa shape index (κ2) is 5.87. The van der Waals surface area contributed by atoms with Crippen LogP contribution in [0.1, 0.15) is 26.6 Å². The third-order valence-electron chi connectivity index (χ3n) is 3.26. The van der Waals surface area contributed by atoms with Gasteiger partial charge in [-0.2, -0.15) is 5.10 Å². The number of aryl methyl sites for hydroxylation is 1. The molecule has 5 heteroatoms. The minimum Gasteiger partial charge on any atom is -0.250 e. The number of alkyl halides is 2. The maximum atomic E-state index is 6.09. The van der Waals surface area contributed by atoms with E-state index in [1.54, 1.807) is 6.33 Å². The first-order chi connectivity index (χ1) is 7.59. The summed E-state index contributed by atoms with van der Waals surface area (Å²) in [7, 11) is 0.